The number of rotatable bonds is 5. The van der Waals surface area contributed by atoms with Crippen molar-refractivity contribution >= 4 is 0 Å². The molecule has 2 aromatic rings. The van der Waals surface area contributed by atoms with Crippen LogP contribution < -0.4 is 10.5 Å². The van der Waals surface area contributed by atoms with E-state index >= 15 is 0 Å². The Bertz CT molecular complexity index is 600. The largest absolute Gasteiger partial charge is 0.437 e. The van der Waals surface area contributed by atoms with E-state index in [1.54, 1.807) is 0 Å². The van der Waals surface area contributed by atoms with E-state index in [9.17, 15) is 0 Å². The summed E-state index contributed by atoms with van der Waals surface area (Å²) >= 11 is 0. The van der Waals surface area contributed by atoms with Gasteiger partial charge in [-0.05, 0) is 37.5 Å². The molecule has 5 heteroatoms. The summed E-state index contributed by atoms with van der Waals surface area (Å²) in [5, 5.41) is 17.3. The minimum absolute atomic E-state index is 0.0721. The Morgan fingerprint density at radius 3 is 2.65 bits per heavy atom. The summed E-state index contributed by atoms with van der Waals surface area (Å²) < 4.78 is 5.86. The molecule has 1 aromatic heterocycles. The van der Waals surface area contributed by atoms with E-state index in [2.05, 4.69) is 10.2 Å². The van der Waals surface area contributed by atoms with Crippen LogP contribution >= 0.6 is 0 Å². The summed E-state index contributed by atoms with van der Waals surface area (Å²) in [5.41, 5.74) is 9.42. The number of benzene rings is 1. The maximum absolute atomic E-state index is 9.09. The lowest BCUT2D eigenvalue weighted by Gasteiger charge is -2.14. The maximum Gasteiger partial charge on any atom is 0.243 e. The smallest absolute Gasteiger partial charge is 0.243 e. The second-order valence-corrected chi connectivity index (χ2v) is 4.58. The van der Waals surface area contributed by atoms with E-state index in [1.165, 1.54) is 0 Å². The zero-order chi connectivity index (χ0) is 14.5. The predicted molar refractivity (Wildman–Crippen MR) is 76.7 cm³/mol. The van der Waals surface area contributed by atoms with Gasteiger partial charge < -0.3 is 15.6 Å². The molecule has 0 spiro atoms. The number of nitrogens with zero attached hydrogens (tertiary/aromatic N) is 2. The third kappa shape index (κ3) is 2.95. The van der Waals surface area contributed by atoms with E-state index < -0.39 is 0 Å². The average Bonchev–Trinajstić information content (AvgIpc) is 2.45. The molecule has 0 fully saturated rings. The van der Waals surface area contributed by atoms with Crippen LogP contribution in [-0.4, -0.2) is 21.9 Å². The highest BCUT2D eigenvalue weighted by atomic mass is 16.5. The van der Waals surface area contributed by atoms with Crippen LogP contribution in [0.2, 0.25) is 0 Å². The molecule has 0 unspecified atom stereocenters. The highest BCUT2D eigenvalue weighted by molar-refractivity contribution is 5.41. The maximum atomic E-state index is 9.09. The molecule has 20 heavy (non-hydrogen) atoms. The van der Waals surface area contributed by atoms with Crippen molar-refractivity contribution < 1.29 is 9.84 Å². The van der Waals surface area contributed by atoms with Crippen LogP contribution in [0.4, 0.5) is 0 Å². The van der Waals surface area contributed by atoms with Gasteiger partial charge in [-0.2, -0.15) is 5.10 Å². The molecule has 1 aromatic carbocycles. The van der Waals surface area contributed by atoms with E-state index in [0.29, 0.717) is 24.6 Å². The molecule has 0 aliphatic rings. The molecule has 1 heterocycles. The first kappa shape index (κ1) is 14.4. The fraction of sp³-hybridized carbons (Fsp3) is 0.333. The molecule has 0 aliphatic heterocycles. The third-order valence-electron chi connectivity index (χ3n) is 3.31. The van der Waals surface area contributed by atoms with E-state index in [4.69, 9.17) is 15.6 Å². The number of aryl methyl sites for hydroxylation is 1. The van der Waals surface area contributed by atoms with Crippen LogP contribution in [0.5, 0.6) is 11.6 Å². The number of aliphatic hydroxyl groups is 1. The Hall–Kier alpha value is -1.98. The molecule has 0 atom stereocenters. The average molecular weight is 273 g/mol. The van der Waals surface area contributed by atoms with E-state index in [1.807, 2.05) is 38.1 Å². The van der Waals surface area contributed by atoms with Gasteiger partial charge in [0, 0.05) is 18.7 Å². The van der Waals surface area contributed by atoms with Gasteiger partial charge in [-0.25, -0.2) is 0 Å². The first-order valence-corrected chi connectivity index (χ1v) is 6.56. The Morgan fingerprint density at radius 2 is 1.95 bits per heavy atom. The van der Waals surface area contributed by atoms with E-state index in [0.717, 1.165) is 22.4 Å². The van der Waals surface area contributed by atoms with Crippen molar-refractivity contribution in [3.63, 3.8) is 0 Å². The summed E-state index contributed by atoms with van der Waals surface area (Å²) in [6.45, 7) is 4.27. The lowest BCUT2D eigenvalue weighted by atomic mass is 10.1. The number of hydrogen-bond acceptors (Lipinski definition) is 5. The monoisotopic (exact) mass is 273 g/mol. The molecule has 0 aliphatic carbocycles. The zero-order valence-corrected chi connectivity index (χ0v) is 11.8. The van der Waals surface area contributed by atoms with Crippen molar-refractivity contribution in [3.05, 3.63) is 46.6 Å². The first-order chi connectivity index (χ1) is 9.67. The van der Waals surface area contributed by atoms with Gasteiger partial charge in [0.2, 0.25) is 5.88 Å². The lowest BCUT2D eigenvalue weighted by Crippen LogP contribution is -2.08. The van der Waals surface area contributed by atoms with Crippen molar-refractivity contribution in [2.75, 3.05) is 6.61 Å². The molecule has 0 radical (unpaired) electrons. The number of aliphatic hydroxyl groups excluding tert-OH is 1. The summed E-state index contributed by atoms with van der Waals surface area (Å²) in [5.74, 6) is 1.11. The molecule has 106 valence electrons. The van der Waals surface area contributed by atoms with Crippen LogP contribution in [0, 0.1) is 13.8 Å². The Kier molecular flexibility index (Phi) is 4.65. The van der Waals surface area contributed by atoms with Gasteiger partial charge in [0.25, 0.3) is 0 Å². The summed E-state index contributed by atoms with van der Waals surface area (Å²) in [6, 6.07) is 7.56. The van der Waals surface area contributed by atoms with Crippen molar-refractivity contribution in [1.29, 1.82) is 0 Å². The third-order valence-corrected chi connectivity index (χ3v) is 3.31. The molecule has 0 amide bonds. The lowest BCUT2D eigenvalue weighted by molar-refractivity contribution is 0.297. The van der Waals surface area contributed by atoms with Crippen molar-refractivity contribution in [2.24, 2.45) is 5.73 Å². The Morgan fingerprint density at radius 1 is 1.20 bits per heavy atom. The SMILES string of the molecule is Cc1nnc(Oc2ccccc2CCO)c(CN)c1C. The van der Waals surface area contributed by atoms with Crippen LogP contribution in [0.1, 0.15) is 22.4 Å². The summed E-state index contributed by atoms with van der Waals surface area (Å²) in [4.78, 5) is 0. The fourth-order valence-electron chi connectivity index (χ4n) is 1.99. The van der Waals surface area contributed by atoms with Gasteiger partial charge in [0.05, 0.1) is 5.69 Å². The summed E-state index contributed by atoms with van der Waals surface area (Å²) in [7, 11) is 0. The highest BCUT2D eigenvalue weighted by Gasteiger charge is 2.13. The fourth-order valence-corrected chi connectivity index (χ4v) is 1.99. The minimum Gasteiger partial charge on any atom is -0.437 e. The van der Waals surface area contributed by atoms with Gasteiger partial charge in [0.1, 0.15) is 5.75 Å². The van der Waals surface area contributed by atoms with Gasteiger partial charge in [0.15, 0.2) is 0 Å². The molecule has 2 rings (SSSR count). The topological polar surface area (TPSA) is 81.3 Å². The molecule has 3 N–H and O–H groups in total. The second-order valence-electron chi connectivity index (χ2n) is 4.58. The van der Waals surface area contributed by atoms with Gasteiger partial charge in [-0.1, -0.05) is 18.2 Å². The molecular formula is C15H19N3O2. The second kappa shape index (κ2) is 6.45. The molecule has 0 saturated heterocycles. The number of ether oxygens (including phenoxy) is 1. The number of hydrogen-bond donors (Lipinski definition) is 2. The zero-order valence-electron chi connectivity index (χ0n) is 11.8. The standard InChI is InChI=1S/C15H19N3O2/c1-10-11(2)17-18-15(13(10)9-16)20-14-6-4-3-5-12(14)7-8-19/h3-6,19H,7-9,16H2,1-2H3. The van der Waals surface area contributed by atoms with Gasteiger partial charge in [-0.15, -0.1) is 5.10 Å². The first-order valence-electron chi connectivity index (χ1n) is 6.56. The molecular weight excluding hydrogens is 254 g/mol. The number of para-hydroxylation sites is 1. The highest BCUT2D eigenvalue weighted by Crippen LogP contribution is 2.28. The molecule has 5 nitrogen and oxygen atoms in total. The summed E-state index contributed by atoms with van der Waals surface area (Å²) in [6.07, 6.45) is 0.534. The van der Waals surface area contributed by atoms with Crippen LogP contribution in [0.3, 0.4) is 0 Å². The van der Waals surface area contributed by atoms with Gasteiger partial charge in [-0.3, -0.25) is 0 Å². The van der Waals surface area contributed by atoms with Crippen LogP contribution in [0.15, 0.2) is 24.3 Å². The van der Waals surface area contributed by atoms with Crippen LogP contribution in [0.25, 0.3) is 0 Å². The van der Waals surface area contributed by atoms with E-state index in [-0.39, 0.29) is 6.61 Å². The normalized spacial score (nSPS) is 10.6. The van der Waals surface area contributed by atoms with Crippen LogP contribution in [-0.2, 0) is 13.0 Å². The predicted octanol–water partition coefficient (Wildman–Crippen LogP) is 1.88. The van der Waals surface area contributed by atoms with Gasteiger partial charge >= 0.3 is 0 Å². The Balaban J connectivity index is 2.38. The van der Waals surface area contributed by atoms with Crippen molar-refractivity contribution in [3.8, 4) is 11.6 Å². The van der Waals surface area contributed by atoms with Crippen molar-refractivity contribution in [2.45, 2.75) is 26.8 Å². The quantitative estimate of drug-likeness (QED) is 0.869. The number of nitrogens with two attached hydrogens (primary N) is 1. The molecule has 0 bridgehead atoms. The Labute approximate surface area is 118 Å². The minimum atomic E-state index is 0.0721. The molecule has 0 saturated carbocycles. The number of aromatic nitrogens is 2. The van der Waals surface area contributed by atoms with Crippen molar-refractivity contribution in [1.82, 2.24) is 10.2 Å².